The monoisotopic (exact) mass is 257 g/mol. The van der Waals surface area contributed by atoms with Gasteiger partial charge in [0.05, 0.1) is 11.6 Å². The predicted octanol–water partition coefficient (Wildman–Crippen LogP) is 3.23. The average molecular weight is 258 g/mol. The molecule has 0 aliphatic heterocycles. The van der Waals surface area contributed by atoms with Crippen LogP contribution in [0.3, 0.4) is 0 Å². The Labute approximate surface area is 111 Å². The van der Waals surface area contributed by atoms with E-state index in [1.54, 1.807) is 18.3 Å². The SMILES string of the molecule is C=CCNC(C#N)c1ccc(Cl)c2cccnc12. The summed E-state index contributed by atoms with van der Waals surface area (Å²) in [5.41, 5.74) is 1.59. The minimum atomic E-state index is -0.419. The summed E-state index contributed by atoms with van der Waals surface area (Å²) in [6.45, 7) is 4.19. The van der Waals surface area contributed by atoms with E-state index in [0.29, 0.717) is 11.6 Å². The Bertz CT molecular complexity index is 616. The third kappa shape index (κ3) is 2.35. The molecule has 0 amide bonds. The van der Waals surface area contributed by atoms with Gasteiger partial charge in [-0.2, -0.15) is 5.26 Å². The summed E-state index contributed by atoms with van der Waals surface area (Å²) in [5, 5.41) is 13.8. The van der Waals surface area contributed by atoms with Crippen LogP contribution < -0.4 is 5.32 Å². The van der Waals surface area contributed by atoms with Crippen LogP contribution in [0.5, 0.6) is 0 Å². The Hall–Kier alpha value is -1.89. The first-order chi connectivity index (χ1) is 8.77. The molecule has 0 aliphatic rings. The smallest absolute Gasteiger partial charge is 0.123 e. The van der Waals surface area contributed by atoms with Gasteiger partial charge in [-0.05, 0) is 18.2 Å². The first-order valence-electron chi connectivity index (χ1n) is 5.55. The number of pyridine rings is 1. The van der Waals surface area contributed by atoms with Gasteiger partial charge in [-0.25, -0.2) is 0 Å². The molecule has 0 saturated heterocycles. The maximum Gasteiger partial charge on any atom is 0.123 e. The zero-order valence-corrected chi connectivity index (χ0v) is 10.5. The van der Waals surface area contributed by atoms with E-state index in [9.17, 15) is 5.26 Å². The molecule has 0 fully saturated rings. The third-order valence-electron chi connectivity index (χ3n) is 2.65. The van der Waals surface area contributed by atoms with Gasteiger partial charge in [0.15, 0.2) is 0 Å². The lowest BCUT2D eigenvalue weighted by atomic mass is 10.0. The van der Waals surface area contributed by atoms with Crippen molar-refractivity contribution < 1.29 is 0 Å². The number of fused-ring (bicyclic) bond motifs is 1. The van der Waals surface area contributed by atoms with Crippen molar-refractivity contribution >= 4 is 22.5 Å². The molecule has 0 spiro atoms. The summed E-state index contributed by atoms with van der Waals surface area (Å²) in [4.78, 5) is 4.32. The fourth-order valence-electron chi connectivity index (χ4n) is 1.82. The second-order valence-electron chi connectivity index (χ2n) is 3.80. The molecule has 2 rings (SSSR count). The summed E-state index contributed by atoms with van der Waals surface area (Å²) in [5.74, 6) is 0. The topological polar surface area (TPSA) is 48.7 Å². The van der Waals surface area contributed by atoms with Gasteiger partial charge >= 0.3 is 0 Å². The Kier molecular flexibility index (Phi) is 3.93. The quantitative estimate of drug-likeness (QED) is 0.856. The van der Waals surface area contributed by atoms with Crippen LogP contribution in [0, 0.1) is 11.3 Å². The number of nitrogens with zero attached hydrogens (tertiary/aromatic N) is 2. The van der Waals surface area contributed by atoms with E-state index in [1.807, 2.05) is 18.2 Å². The van der Waals surface area contributed by atoms with Crippen LogP contribution in [0.4, 0.5) is 0 Å². The van der Waals surface area contributed by atoms with E-state index in [4.69, 9.17) is 11.6 Å². The molecular weight excluding hydrogens is 246 g/mol. The summed E-state index contributed by atoms with van der Waals surface area (Å²) < 4.78 is 0. The Balaban J connectivity index is 2.54. The lowest BCUT2D eigenvalue weighted by Crippen LogP contribution is -2.20. The summed E-state index contributed by atoms with van der Waals surface area (Å²) >= 11 is 6.12. The zero-order valence-electron chi connectivity index (χ0n) is 9.73. The number of nitriles is 1. The third-order valence-corrected chi connectivity index (χ3v) is 2.98. The van der Waals surface area contributed by atoms with E-state index in [1.165, 1.54) is 0 Å². The number of rotatable bonds is 4. The van der Waals surface area contributed by atoms with E-state index in [2.05, 4.69) is 22.9 Å². The highest BCUT2D eigenvalue weighted by atomic mass is 35.5. The van der Waals surface area contributed by atoms with Gasteiger partial charge in [0.25, 0.3) is 0 Å². The number of nitrogens with one attached hydrogen (secondary N) is 1. The number of hydrogen-bond donors (Lipinski definition) is 1. The van der Waals surface area contributed by atoms with Crippen molar-refractivity contribution in [2.75, 3.05) is 6.54 Å². The van der Waals surface area contributed by atoms with Crippen LogP contribution in [0.2, 0.25) is 5.02 Å². The van der Waals surface area contributed by atoms with Crippen LogP contribution >= 0.6 is 11.6 Å². The van der Waals surface area contributed by atoms with Crippen molar-refractivity contribution in [1.29, 1.82) is 5.26 Å². The van der Waals surface area contributed by atoms with Gasteiger partial charge < -0.3 is 0 Å². The van der Waals surface area contributed by atoms with E-state index in [0.717, 1.165) is 16.5 Å². The maximum absolute atomic E-state index is 9.23. The van der Waals surface area contributed by atoms with Gasteiger partial charge in [0, 0.05) is 28.7 Å². The zero-order chi connectivity index (χ0) is 13.0. The molecule has 1 heterocycles. The normalized spacial score (nSPS) is 12.0. The fourth-order valence-corrected chi connectivity index (χ4v) is 2.03. The molecule has 1 aromatic carbocycles. The second kappa shape index (κ2) is 5.63. The standard InChI is InChI=1S/C14H12ClN3/c1-2-7-17-13(9-16)11-5-6-12(15)10-4-3-8-18-14(10)11/h2-6,8,13,17H,1,7H2. The van der Waals surface area contributed by atoms with Gasteiger partial charge in [-0.15, -0.1) is 6.58 Å². The fraction of sp³-hybridized carbons (Fsp3) is 0.143. The highest BCUT2D eigenvalue weighted by molar-refractivity contribution is 6.35. The summed E-state index contributed by atoms with van der Waals surface area (Å²) in [6.07, 6.45) is 3.42. The molecule has 18 heavy (non-hydrogen) atoms. The van der Waals surface area contributed by atoms with Crippen molar-refractivity contribution in [1.82, 2.24) is 10.3 Å². The first-order valence-corrected chi connectivity index (χ1v) is 5.92. The van der Waals surface area contributed by atoms with Crippen molar-refractivity contribution in [3.63, 3.8) is 0 Å². The van der Waals surface area contributed by atoms with Crippen LogP contribution in [0.25, 0.3) is 10.9 Å². The minimum Gasteiger partial charge on any atom is -0.295 e. The number of hydrogen-bond acceptors (Lipinski definition) is 3. The van der Waals surface area contributed by atoms with Crippen molar-refractivity contribution in [2.24, 2.45) is 0 Å². The molecule has 0 radical (unpaired) electrons. The summed E-state index contributed by atoms with van der Waals surface area (Å²) in [7, 11) is 0. The molecule has 2 aromatic rings. The van der Waals surface area contributed by atoms with E-state index < -0.39 is 6.04 Å². The molecule has 1 atom stereocenters. The second-order valence-corrected chi connectivity index (χ2v) is 4.20. The van der Waals surface area contributed by atoms with Gasteiger partial charge in [-0.1, -0.05) is 23.7 Å². The lowest BCUT2D eigenvalue weighted by Gasteiger charge is -2.13. The maximum atomic E-state index is 9.23. The molecule has 0 aliphatic carbocycles. The van der Waals surface area contributed by atoms with Gasteiger partial charge in [-0.3, -0.25) is 10.3 Å². The van der Waals surface area contributed by atoms with E-state index in [-0.39, 0.29) is 0 Å². The molecule has 90 valence electrons. The lowest BCUT2D eigenvalue weighted by molar-refractivity contribution is 0.687. The van der Waals surface area contributed by atoms with Gasteiger partial charge in [0.1, 0.15) is 6.04 Å². The molecular formula is C14H12ClN3. The number of halogens is 1. The largest absolute Gasteiger partial charge is 0.295 e. The molecule has 3 nitrogen and oxygen atoms in total. The first kappa shape index (κ1) is 12.6. The van der Waals surface area contributed by atoms with Gasteiger partial charge in [0.2, 0.25) is 0 Å². The molecule has 1 aromatic heterocycles. The van der Waals surface area contributed by atoms with Crippen molar-refractivity contribution in [2.45, 2.75) is 6.04 Å². The number of aromatic nitrogens is 1. The Morgan fingerprint density at radius 2 is 2.33 bits per heavy atom. The summed E-state index contributed by atoms with van der Waals surface area (Å²) in [6, 6.07) is 9.16. The average Bonchev–Trinajstić information content (AvgIpc) is 2.42. The molecule has 1 unspecified atom stereocenters. The highest BCUT2D eigenvalue weighted by Crippen LogP contribution is 2.28. The van der Waals surface area contributed by atoms with Crippen LogP contribution in [0.15, 0.2) is 43.1 Å². The van der Waals surface area contributed by atoms with Crippen molar-refractivity contribution in [3.05, 3.63) is 53.7 Å². The minimum absolute atomic E-state index is 0.419. The number of benzene rings is 1. The van der Waals surface area contributed by atoms with Crippen LogP contribution in [-0.2, 0) is 0 Å². The predicted molar refractivity (Wildman–Crippen MR) is 73.3 cm³/mol. The Morgan fingerprint density at radius 1 is 1.50 bits per heavy atom. The molecule has 0 bridgehead atoms. The van der Waals surface area contributed by atoms with Crippen LogP contribution in [-0.4, -0.2) is 11.5 Å². The van der Waals surface area contributed by atoms with E-state index >= 15 is 0 Å². The van der Waals surface area contributed by atoms with Crippen molar-refractivity contribution in [3.8, 4) is 6.07 Å². The van der Waals surface area contributed by atoms with Crippen LogP contribution in [0.1, 0.15) is 11.6 Å². The highest BCUT2D eigenvalue weighted by Gasteiger charge is 2.14. The molecule has 0 saturated carbocycles. The Morgan fingerprint density at radius 3 is 3.06 bits per heavy atom. The molecule has 4 heteroatoms. The molecule has 1 N–H and O–H groups in total.